The Balaban J connectivity index is 2.41. The van der Waals surface area contributed by atoms with Crippen LogP contribution in [0.15, 0.2) is 42.5 Å². The van der Waals surface area contributed by atoms with Gasteiger partial charge in [-0.15, -0.1) is 0 Å². The Hall–Kier alpha value is -1.83. The summed E-state index contributed by atoms with van der Waals surface area (Å²) in [7, 11) is 0. The van der Waals surface area contributed by atoms with Crippen molar-refractivity contribution in [3.63, 3.8) is 0 Å². The second-order valence-electron chi connectivity index (χ2n) is 4.15. The van der Waals surface area contributed by atoms with E-state index in [0.717, 1.165) is 0 Å². The van der Waals surface area contributed by atoms with Crippen molar-refractivity contribution in [2.75, 3.05) is 0 Å². The van der Waals surface area contributed by atoms with Crippen molar-refractivity contribution in [3.05, 3.63) is 48.0 Å². The van der Waals surface area contributed by atoms with Crippen molar-refractivity contribution in [2.24, 2.45) is 11.7 Å². The van der Waals surface area contributed by atoms with E-state index in [4.69, 9.17) is 5.73 Å². The Morgan fingerprint density at radius 2 is 1.88 bits per heavy atom. The maximum Gasteiger partial charge on any atom is 0.220 e. The number of carbonyl (C=O) groups is 1. The van der Waals surface area contributed by atoms with E-state index in [2.05, 4.69) is 24.3 Å². The molecule has 0 radical (unpaired) electrons. The maximum atomic E-state index is 11.1. The van der Waals surface area contributed by atoms with Crippen molar-refractivity contribution >= 4 is 16.7 Å². The molecule has 1 unspecified atom stereocenters. The van der Waals surface area contributed by atoms with E-state index in [1.807, 2.05) is 25.1 Å². The molecule has 0 heterocycles. The molecule has 0 spiro atoms. The van der Waals surface area contributed by atoms with E-state index in [0.29, 0.717) is 6.42 Å². The van der Waals surface area contributed by atoms with Gasteiger partial charge in [-0.25, -0.2) is 0 Å². The third-order valence-corrected chi connectivity index (χ3v) is 2.89. The molecular weight excluding hydrogens is 198 g/mol. The third kappa shape index (κ3) is 2.06. The van der Waals surface area contributed by atoms with Crippen LogP contribution in [0.2, 0.25) is 0 Å². The number of hydrogen-bond donors (Lipinski definition) is 1. The van der Waals surface area contributed by atoms with Gasteiger partial charge in [-0.2, -0.15) is 0 Å². The molecule has 16 heavy (non-hydrogen) atoms. The number of primary amides is 1. The van der Waals surface area contributed by atoms with Gasteiger partial charge < -0.3 is 5.73 Å². The Labute approximate surface area is 95.1 Å². The second-order valence-corrected chi connectivity index (χ2v) is 4.15. The first-order valence-corrected chi connectivity index (χ1v) is 5.44. The quantitative estimate of drug-likeness (QED) is 0.836. The molecule has 2 rings (SSSR count). The SMILES string of the molecule is CC(Cc1cccc2ccccc12)C(N)=O. The van der Waals surface area contributed by atoms with Gasteiger partial charge in [-0.1, -0.05) is 49.4 Å². The predicted molar refractivity (Wildman–Crippen MR) is 66.0 cm³/mol. The molecule has 0 saturated heterocycles. The van der Waals surface area contributed by atoms with E-state index in [-0.39, 0.29) is 11.8 Å². The molecule has 1 amide bonds. The van der Waals surface area contributed by atoms with Crippen LogP contribution in [0.25, 0.3) is 10.8 Å². The minimum Gasteiger partial charge on any atom is -0.369 e. The number of fused-ring (bicyclic) bond motifs is 1. The average molecular weight is 213 g/mol. The topological polar surface area (TPSA) is 43.1 Å². The summed E-state index contributed by atoms with van der Waals surface area (Å²) < 4.78 is 0. The molecule has 2 heteroatoms. The lowest BCUT2D eigenvalue weighted by molar-refractivity contribution is -0.121. The fourth-order valence-corrected chi connectivity index (χ4v) is 1.90. The van der Waals surface area contributed by atoms with Crippen LogP contribution < -0.4 is 5.73 Å². The van der Waals surface area contributed by atoms with Crippen LogP contribution in [0.1, 0.15) is 12.5 Å². The predicted octanol–water partition coefficient (Wildman–Crippen LogP) is 2.50. The highest BCUT2D eigenvalue weighted by atomic mass is 16.1. The lowest BCUT2D eigenvalue weighted by atomic mass is 9.96. The average Bonchev–Trinajstić information content (AvgIpc) is 2.29. The summed E-state index contributed by atoms with van der Waals surface area (Å²) in [6, 6.07) is 14.3. The van der Waals surface area contributed by atoms with Crippen LogP contribution in [0, 0.1) is 5.92 Å². The third-order valence-electron chi connectivity index (χ3n) is 2.89. The fourth-order valence-electron chi connectivity index (χ4n) is 1.90. The van der Waals surface area contributed by atoms with Crippen molar-refractivity contribution in [1.82, 2.24) is 0 Å². The molecule has 2 nitrogen and oxygen atoms in total. The van der Waals surface area contributed by atoms with Gasteiger partial charge >= 0.3 is 0 Å². The first-order chi connectivity index (χ1) is 7.68. The second kappa shape index (κ2) is 4.35. The van der Waals surface area contributed by atoms with Crippen LogP contribution in [-0.2, 0) is 11.2 Å². The Bertz CT molecular complexity index is 514. The van der Waals surface area contributed by atoms with Crippen molar-refractivity contribution in [3.8, 4) is 0 Å². The number of carbonyl (C=O) groups excluding carboxylic acids is 1. The summed E-state index contributed by atoms with van der Waals surface area (Å²) in [5.41, 5.74) is 6.47. The van der Waals surface area contributed by atoms with Gasteiger partial charge in [0.2, 0.25) is 5.91 Å². The number of hydrogen-bond acceptors (Lipinski definition) is 1. The number of nitrogens with two attached hydrogens (primary N) is 1. The van der Waals surface area contributed by atoms with Gasteiger partial charge in [-0.3, -0.25) is 4.79 Å². The zero-order valence-corrected chi connectivity index (χ0v) is 9.31. The van der Waals surface area contributed by atoms with E-state index >= 15 is 0 Å². The van der Waals surface area contributed by atoms with Gasteiger partial charge in [0.25, 0.3) is 0 Å². The molecule has 0 bridgehead atoms. The van der Waals surface area contributed by atoms with Crippen LogP contribution in [0.3, 0.4) is 0 Å². The van der Waals surface area contributed by atoms with E-state index in [1.165, 1.54) is 16.3 Å². The van der Waals surface area contributed by atoms with Gasteiger partial charge in [-0.05, 0) is 22.8 Å². The molecule has 0 fully saturated rings. The normalized spacial score (nSPS) is 12.6. The zero-order chi connectivity index (χ0) is 11.5. The van der Waals surface area contributed by atoms with E-state index < -0.39 is 0 Å². The van der Waals surface area contributed by atoms with Gasteiger partial charge in [0, 0.05) is 5.92 Å². The smallest absolute Gasteiger partial charge is 0.220 e. The molecule has 0 aliphatic heterocycles. The summed E-state index contributed by atoms with van der Waals surface area (Å²) in [6.07, 6.45) is 0.705. The summed E-state index contributed by atoms with van der Waals surface area (Å²) in [5, 5.41) is 2.41. The summed E-state index contributed by atoms with van der Waals surface area (Å²) in [6.45, 7) is 1.87. The molecule has 0 aliphatic rings. The number of amides is 1. The number of rotatable bonds is 3. The van der Waals surface area contributed by atoms with Gasteiger partial charge in [0.15, 0.2) is 0 Å². The summed E-state index contributed by atoms with van der Waals surface area (Å²) in [4.78, 5) is 11.1. The molecule has 2 N–H and O–H groups in total. The van der Waals surface area contributed by atoms with Crippen molar-refractivity contribution in [2.45, 2.75) is 13.3 Å². The first-order valence-electron chi connectivity index (χ1n) is 5.44. The lowest BCUT2D eigenvalue weighted by Crippen LogP contribution is -2.22. The van der Waals surface area contributed by atoms with Crippen LogP contribution >= 0.6 is 0 Å². The zero-order valence-electron chi connectivity index (χ0n) is 9.31. The highest BCUT2D eigenvalue weighted by Crippen LogP contribution is 2.20. The molecule has 0 saturated carbocycles. The van der Waals surface area contributed by atoms with Crippen molar-refractivity contribution < 1.29 is 4.79 Å². The molecule has 2 aromatic rings. The Kier molecular flexibility index (Phi) is 2.91. The van der Waals surface area contributed by atoms with Crippen LogP contribution in [0.5, 0.6) is 0 Å². The van der Waals surface area contributed by atoms with Crippen LogP contribution in [0.4, 0.5) is 0 Å². The molecule has 0 aliphatic carbocycles. The monoisotopic (exact) mass is 213 g/mol. The lowest BCUT2D eigenvalue weighted by Gasteiger charge is -2.10. The standard InChI is InChI=1S/C14H15NO/c1-10(14(15)16)9-12-7-4-6-11-5-2-3-8-13(11)12/h2-8,10H,9H2,1H3,(H2,15,16). The minimum atomic E-state index is -0.243. The summed E-state index contributed by atoms with van der Waals surface area (Å²) >= 11 is 0. The summed E-state index contributed by atoms with van der Waals surface area (Å²) in [5.74, 6) is -0.362. The molecule has 1 atom stereocenters. The number of benzene rings is 2. The Morgan fingerprint density at radius 1 is 1.19 bits per heavy atom. The van der Waals surface area contributed by atoms with Gasteiger partial charge in [0.05, 0.1) is 0 Å². The molecule has 2 aromatic carbocycles. The maximum absolute atomic E-state index is 11.1. The van der Waals surface area contributed by atoms with Crippen molar-refractivity contribution in [1.29, 1.82) is 0 Å². The highest BCUT2D eigenvalue weighted by molar-refractivity contribution is 5.86. The Morgan fingerprint density at radius 3 is 2.62 bits per heavy atom. The van der Waals surface area contributed by atoms with Gasteiger partial charge in [0.1, 0.15) is 0 Å². The van der Waals surface area contributed by atoms with Crippen LogP contribution in [-0.4, -0.2) is 5.91 Å². The van der Waals surface area contributed by atoms with E-state index in [9.17, 15) is 4.79 Å². The molecule has 0 aromatic heterocycles. The molecular formula is C14H15NO. The fraction of sp³-hybridized carbons (Fsp3) is 0.214. The minimum absolute atomic E-state index is 0.120. The largest absolute Gasteiger partial charge is 0.369 e. The molecule has 82 valence electrons. The van der Waals surface area contributed by atoms with E-state index in [1.54, 1.807) is 0 Å². The highest BCUT2D eigenvalue weighted by Gasteiger charge is 2.10. The first kappa shape index (κ1) is 10.7.